The molecule has 0 aliphatic carbocycles. The predicted octanol–water partition coefficient (Wildman–Crippen LogP) is 3.77. The van der Waals surface area contributed by atoms with Crippen molar-refractivity contribution in [1.82, 2.24) is 9.88 Å². The third kappa shape index (κ3) is 4.28. The summed E-state index contributed by atoms with van der Waals surface area (Å²) in [7, 11) is 0. The number of aromatic nitrogens is 1. The number of pyridine rings is 1. The summed E-state index contributed by atoms with van der Waals surface area (Å²) in [5, 5.41) is 2.84. The highest BCUT2D eigenvalue weighted by molar-refractivity contribution is 6.04. The van der Waals surface area contributed by atoms with E-state index in [4.69, 9.17) is 0 Å². The summed E-state index contributed by atoms with van der Waals surface area (Å²) in [4.78, 5) is 31.2. The molecule has 2 heterocycles. The van der Waals surface area contributed by atoms with Gasteiger partial charge in [0, 0.05) is 30.5 Å². The van der Waals surface area contributed by atoms with E-state index in [2.05, 4.69) is 24.1 Å². The summed E-state index contributed by atoms with van der Waals surface area (Å²) >= 11 is 0. The first-order valence-electron chi connectivity index (χ1n) is 9.22. The van der Waals surface area contributed by atoms with Crippen LogP contribution in [0.5, 0.6) is 0 Å². The molecule has 0 saturated carbocycles. The smallest absolute Gasteiger partial charge is 0.274 e. The second kappa shape index (κ2) is 8.13. The molecule has 1 atom stereocenters. The van der Waals surface area contributed by atoms with Gasteiger partial charge in [-0.2, -0.15) is 0 Å². The largest absolute Gasteiger partial charge is 0.338 e. The molecular weight excluding hydrogens is 326 g/mol. The minimum atomic E-state index is -0.309. The number of anilines is 1. The van der Waals surface area contributed by atoms with Crippen LogP contribution in [0.25, 0.3) is 0 Å². The summed E-state index contributed by atoms with van der Waals surface area (Å²) in [5.41, 5.74) is 2.70. The number of carbonyl (C=O) groups excluding carboxylic acids is 2. The zero-order valence-corrected chi connectivity index (χ0v) is 15.4. The number of rotatable bonds is 4. The number of carbonyl (C=O) groups is 2. The molecule has 5 heteroatoms. The molecular formula is C21H25N3O2. The molecule has 0 radical (unpaired) electrons. The lowest BCUT2D eigenvalue weighted by Gasteiger charge is -2.31. The fraction of sp³-hybridized carbons (Fsp3) is 0.381. The maximum Gasteiger partial charge on any atom is 0.274 e. The third-order valence-corrected chi connectivity index (χ3v) is 4.80. The second-order valence-electron chi connectivity index (χ2n) is 6.93. The Hall–Kier alpha value is -2.69. The molecule has 2 amide bonds. The Kier molecular flexibility index (Phi) is 5.66. The van der Waals surface area contributed by atoms with Gasteiger partial charge in [0.2, 0.25) is 0 Å². The minimum Gasteiger partial charge on any atom is -0.338 e. The fourth-order valence-corrected chi connectivity index (χ4v) is 3.26. The highest BCUT2D eigenvalue weighted by atomic mass is 16.2. The van der Waals surface area contributed by atoms with Gasteiger partial charge in [0.1, 0.15) is 5.69 Å². The lowest BCUT2D eigenvalue weighted by Crippen LogP contribution is -2.39. The maximum atomic E-state index is 12.7. The van der Waals surface area contributed by atoms with Gasteiger partial charge in [0.25, 0.3) is 11.8 Å². The van der Waals surface area contributed by atoms with Crippen LogP contribution in [0.2, 0.25) is 0 Å². The van der Waals surface area contributed by atoms with E-state index >= 15 is 0 Å². The molecule has 26 heavy (non-hydrogen) atoms. The average molecular weight is 351 g/mol. The van der Waals surface area contributed by atoms with Gasteiger partial charge in [0.15, 0.2) is 0 Å². The molecule has 1 saturated heterocycles. The number of hydrogen-bond acceptors (Lipinski definition) is 3. The van der Waals surface area contributed by atoms with Crippen molar-refractivity contribution < 1.29 is 9.59 Å². The van der Waals surface area contributed by atoms with Crippen molar-refractivity contribution in [3.05, 3.63) is 59.4 Å². The first kappa shape index (κ1) is 18.1. The average Bonchev–Trinajstić information content (AvgIpc) is 2.68. The molecule has 0 bridgehead atoms. The van der Waals surface area contributed by atoms with E-state index in [1.54, 1.807) is 12.1 Å². The molecule has 1 unspecified atom stereocenters. The lowest BCUT2D eigenvalue weighted by molar-refractivity contribution is 0.0683. The Morgan fingerprint density at radius 3 is 2.69 bits per heavy atom. The van der Waals surface area contributed by atoms with Crippen molar-refractivity contribution >= 4 is 17.5 Å². The van der Waals surface area contributed by atoms with Crippen LogP contribution in [0.3, 0.4) is 0 Å². The normalized spacial score (nSPS) is 17.0. The Bertz CT molecular complexity index is 786. The lowest BCUT2D eigenvalue weighted by atomic mass is 9.99. The van der Waals surface area contributed by atoms with Crippen LogP contribution in [0.4, 0.5) is 5.69 Å². The van der Waals surface area contributed by atoms with Crippen molar-refractivity contribution in [3.8, 4) is 0 Å². The van der Waals surface area contributed by atoms with Crippen molar-refractivity contribution in [2.75, 3.05) is 18.4 Å². The van der Waals surface area contributed by atoms with Gasteiger partial charge in [-0.15, -0.1) is 0 Å². The van der Waals surface area contributed by atoms with E-state index in [0.29, 0.717) is 11.5 Å². The number of likely N-dealkylation sites (tertiary alicyclic amines) is 1. The second-order valence-corrected chi connectivity index (χ2v) is 6.93. The van der Waals surface area contributed by atoms with Gasteiger partial charge in [-0.1, -0.05) is 26.0 Å². The van der Waals surface area contributed by atoms with E-state index in [0.717, 1.165) is 38.0 Å². The maximum absolute atomic E-state index is 12.7. The molecule has 136 valence electrons. The standard InChI is InChI=1S/C21H25N3O2/c1-3-16-6-8-18(9-7-16)23-20(25)19-13-17(10-11-22-19)21(26)24-12-4-5-15(2)14-24/h6-11,13,15H,3-5,12,14H2,1-2H3,(H,23,25). The van der Waals surface area contributed by atoms with E-state index in [1.165, 1.54) is 11.8 Å². The molecule has 0 spiro atoms. The molecule has 1 aliphatic rings. The summed E-state index contributed by atoms with van der Waals surface area (Å²) < 4.78 is 0. The Morgan fingerprint density at radius 1 is 1.23 bits per heavy atom. The van der Waals surface area contributed by atoms with Crippen LogP contribution in [-0.4, -0.2) is 34.8 Å². The van der Waals surface area contributed by atoms with Gasteiger partial charge in [-0.25, -0.2) is 0 Å². The van der Waals surface area contributed by atoms with Crippen LogP contribution in [-0.2, 0) is 6.42 Å². The van der Waals surface area contributed by atoms with Crippen molar-refractivity contribution in [3.63, 3.8) is 0 Å². The van der Waals surface area contributed by atoms with E-state index in [9.17, 15) is 9.59 Å². The van der Waals surface area contributed by atoms with Gasteiger partial charge < -0.3 is 10.2 Å². The molecule has 1 fully saturated rings. The fourth-order valence-electron chi connectivity index (χ4n) is 3.26. The van der Waals surface area contributed by atoms with Crippen LogP contribution in [0.1, 0.15) is 53.1 Å². The molecule has 1 aliphatic heterocycles. The summed E-state index contributed by atoms with van der Waals surface area (Å²) in [6, 6.07) is 11.0. The molecule has 1 N–H and O–H groups in total. The van der Waals surface area contributed by atoms with Gasteiger partial charge in [0.05, 0.1) is 0 Å². The summed E-state index contributed by atoms with van der Waals surface area (Å²) in [5.74, 6) is 0.180. The van der Waals surface area contributed by atoms with Gasteiger partial charge in [-0.3, -0.25) is 14.6 Å². The number of nitrogens with one attached hydrogen (secondary N) is 1. The quantitative estimate of drug-likeness (QED) is 0.912. The monoisotopic (exact) mass is 351 g/mol. The Labute approximate surface area is 154 Å². The number of piperidine rings is 1. The number of hydrogen-bond donors (Lipinski definition) is 1. The molecule has 1 aromatic heterocycles. The minimum absolute atomic E-state index is 0.0275. The Balaban J connectivity index is 1.71. The summed E-state index contributed by atoms with van der Waals surface area (Å²) in [6.07, 6.45) is 4.66. The van der Waals surface area contributed by atoms with Crippen LogP contribution in [0, 0.1) is 5.92 Å². The van der Waals surface area contributed by atoms with E-state index < -0.39 is 0 Å². The zero-order valence-electron chi connectivity index (χ0n) is 15.4. The number of nitrogens with zero attached hydrogens (tertiary/aromatic N) is 2. The van der Waals surface area contributed by atoms with Gasteiger partial charge >= 0.3 is 0 Å². The van der Waals surface area contributed by atoms with Crippen LogP contribution >= 0.6 is 0 Å². The van der Waals surface area contributed by atoms with Crippen LogP contribution in [0.15, 0.2) is 42.6 Å². The first-order valence-corrected chi connectivity index (χ1v) is 9.22. The van der Waals surface area contributed by atoms with Crippen molar-refractivity contribution in [2.24, 2.45) is 5.92 Å². The number of aryl methyl sites for hydroxylation is 1. The summed E-state index contributed by atoms with van der Waals surface area (Å²) in [6.45, 7) is 5.79. The number of amides is 2. The number of benzene rings is 1. The highest BCUT2D eigenvalue weighted by Gasteiger charge is 2.22. The van der Waals surface area contributed by atoms with E-state index in [1.807, 2.05) is 29.2 Å². The molecule has 1 aromatic carbocycles. The van der Waals surface area contributed by atoms with Crippen molar-refractivity contribution in [2.45, 2.75) is 33.1 Å². The van der Waals surface area contributed by atoms with Crippen LogP contribution < -0.4 is 5.32 Å². The predicted molar refractivity (Wildman–Crippen MR) is 102 cm³/mol. The van der Waals surface area contributed by atoms with Gasteiger partial charge in [-0.05, 0) is 55.0 Å². The SMILES string of the molecule is CCc1ccc(NC(=O)c2cc(C(=O)N3CCCC(C)C3)ccn2)cc1. The Morgan fingerprint density at radius 2 is 2.00 bits per heavy atom. The van der Waals surface area contributed by atoms with E-state index in [-0.39, 0.29) is 17.5 Å². The molecule has 5 nitrogen and oxygen atoms in total. The third-order valence-electron chi connectivity index (χ3n) is 4.80. The highest BCUT2D eigenvalue weighted by Crippen LogP contribution is 2.18. The topological polar surface area (TPSA) is 62.3 Å². The zero-order chi connectivity index (χ0) is 18.5. The molecule has 2 aromatic rings. The van der Waals surface area contributed by atoms with Crippen molar-refractivity contribution in [1.29, 1.82) is 0 Å². The molecule has 3 rings (SSSR count). The first-order chi connectivity index (χ1) is 12.6.